The number of rotatable bonds is 5. The smallest absolute Gasteiger partial charge is 0.192 e. The monoisotopic (exact) mass is 629 g/mol. The number of ether oxygens (including phenoxy) is 1. The molecule has 1 spiro atoms. The maximum atomic E-state index is 14.3. The molecule has 4 aliphatic rings. The molecule has 0 amide bonds. The fourth-order valence-corrected chi connectivity index (χ4v) is 9.59. The lowest BCUT2D eigenvalue weighted by atomic mass is 9.70. The van der Waals surface area contributed by atoms with Crippen molar-refractivity contribution in [3.8, 4) is 0 Å². The quantitative estimate of drug-likeness (QED) is 0.240. The lowest BCUT2D eigenvalue weighted by molar-refractivity contribution is -0.0583. The van der Waals surface area contributed by atoms with Gasteiger partial charge in [-0.05, 0) is 72.7 Å². The fraction of sp³-hybridized carbons (Fsp3) is 0.727. The summed E-state index contributed by atoms with van der Waals surface area (Å²) in [6.07, 6.45) is 8.39. The number of allylic oxidation sites excluding steroid dienone is 1. The summed E-state index contributed by atoms with van der Waals surface area (Å²) in [5.41, 5.74) is 5.65. The molecule has 1 saturated carbocycles. The van der Waals surface area contributed by atoms with Crippen LogP contribution in [0.5, 0.6) is 0 Å². The zero-order chi connectivity index (χ0) is 31.4. The van der Waals surface area contributed by atoms with Crippen LogP contribution in [0.25, 0.3) is 0 Å². The third-order valence-corrected chi connectivity index (χ3v) is 16.9. The van der Waals surface area contributed by atoms with Gasteiger partial charge in [-0.3, -0.25) is 4.98 Å². The predicted molar refractivity (Wildman–Crippen MR) is 169 cm³/mol. The van der Waals surface area contributed by atoms with Crippen LogP contribution in [0.3, 0.4) is 0 Å². The lowest BCUT2D eigenvalue weighted by Gasteiger charge is -2.51. The molecule has 2 heterocycles. The van der Waals surface area contributed by atoms with Crippen molar-refractivity contribution in [1.82, 2.24) is 4.98 Å². The number of halogens is 4. The van der Waals surface area contributed by atoms with E-state index in [-0.39, 0.29) is 28.7 Å². The van der Waals surface area contributed by atoms with Gasteiger partial charge < -0.3 is 9.16 Å². The summed E-state index contributed by atoms with van der Waals surface area (Å²) in [5, 5.41) is -2.06. The van der Waals surface area contributed by atoms with E-state index in [0.29, 0.717) is 5.57 Å². The van der Waals surface area contributed by atoms with Gasteiger partial charge in [0.25, 0.3) is 0 Å². The highest BCUT2D eigenvalue weighted by Gasteiger charge is 2.63. The fourth-order valence-electron chi connectivity index (χ4n) is 7.27. The molecule has 0 bridgehead atoms. The number of hydrogen-bond acceptors (Lipinski definition) is 3. The Balaban J connectivity index is 1.70. The first-order chi connectivity index (χ1) is 18.8. The van der Waals surface area contributed by atoms with Crippen molar-refractivity contribution in [1.29, 1.82) is 0 Å². The summed E-state index contributed by atoms with van der Waals surface area (Å²) < 4.78 is 71.5. The second-order valence-electron chi connectivity index (χ2n) is 16.3. The van der Waals surface area contributed by atoms with Crippen molar-refractivity contribution in [2.24, 2.45) is 5.41 Å². The van der Waals surface area contributed by atoms with Gasteiger partial charge in [0.1, 0.15) is 6.10 Å². The minimum Gasteiger partial charge on any atom is -0.410 e. The van der Waals surface area contributed by atoms with Gasteiger partial charge >= 0.3 is 0 Å². The summed E-state index contributed by atoms with van der Waals surface area (Å²) in [5.74, 6) is 0.104. The first kappa shape index (κ1) is 32.2. The van der Waals surface area contributed by atoms with E-state index in [1.165, 1.54) is 17.2 Å². The molecule has 1 aliphatic heterocycles. The van der Waals surface area contributed by atoms with Gasteiger partial charge in [-0.25, -0.2) is 0 Å². The Morgan fingerprint density at radius 3 is 2.19 bits per heavy atom. The van der Waals surface area contributed by atoms with Crippen molar-refractivity contribution in [2.45, 2.75) is 141 Å². The van der Waals surface area contributed by atoms with Crippen LogP contribution in [0.2, 0.25) is 18.1 Å². The molecular weight excluding hydrogens is 579 g/mol. The highest BCUT2D eigenvalue weighted by atomic mass is 32.5. The van der Waals surface area contributed by atoms with E-state index in [2.05, 4.69) is 61.6 Å². The first-order valence-electron chi connectivity index (χ1n) is 15.6. The second kappa shape index (κ2) is 9.20. The van der Waals surface area contributed by atoms with Crippen molar-refractivity contribution < 1.29 is 24.7 Å². The maximum Gasteiger partial charge on any atom is 0.192 e. The van der Waals surface area contributed by atoms with Gasteiger partial charge in [-0.15, -0.1) is 15.5 Å². The topological polar surface area (TPSA) is 31.4 Å². The van der Waals surface area contributed by atoms with Crippen molar-refractivity contribution in [3.05, 3.63) is 51.9 Å². The van der Waals surface area contributed by atoms with Gasteiger partial charge in [0.05, 0.1) is 17.0 Å². The highest BCUT2D eigenvalue weighted by Crippen LogP contribution is 2.97. The van der Waals surface area contributed by atoms with Gasteiger partial charge in [0.15, 0.2) is 18.2 Å². The highest BCUT2D eigenvalue weighted by molar-refractivity contribution is 8.49. The molecule has 42 heavy (non-hydrogen) atoms. The minimum absolute atomic E-state index is 0.0141. The van der Waals surface area contributed by atoms with Crippen LogP contribution in [0.15, 0.2) is 23.8 Å². The van der Waals surface area contributed by atoms with Gasteiger partial charge in [-0.2, -0.15) is 0 Å². The number of pyridine rings is 1. The lowest BCUT2D eigenvalue weighted by Crippen LogP contribution is -2.44. The first-order valence-corrected chi connectivity index (χ1v) is 21.1. The third kappa shape index (κ3) is 5.69. The van der Waals surface area contributed by atoms with Crippen molar-refractivity contribution in [2.75, 3.05) is 6.26 Å². The van der Waals surface area contributed by atoms with Gasteiger partial charge in [0.2, 0.25) is 0 Å². The molecule has 0 N–H and O–H groups in total. The molecule has 238 valence electrons. The Hall–Kier alpha value is -1.16. The molecule has 0 saturated heterocycles. The zero-order valence-corrected chi connectivity index (χ0v) is 29.0. The maximum absolute atomic E-state index is 14.3. The molecule has 9 heteroatoms. The van der Waals surface area contributed by atoms with E-state index in [1.807, 2.05) is 0 Å². The SMILES string of the molecule is CC(C)c1nc2c(c3c1C(C1=CCC(S(C)(F)(F)(F)F)C=C1)OC31CCCC1)C(O[Si](C)(C)C(C)(C)C)CC(C)(C)C2. The largest absolute Gasteiger partial charge is 0.410 e. The van der Waals surface area contributed by atoms with Gasteiger partial charge in [0, 0.05) is 28.8 Å². The van der Waals surface area contributed by atoms with E-state index in [0.717, 1.165) is 61.6 Å². The van der Waals surface area contributed by atoms with E-state index < -0.39 is 41.5 Å². The molecule has 1 aromatic heterocycles. The molecule has 3 unspecified atom stereocenters. The van der Waals surface area contributed by atoms with Crippen LogP contribution >= 0.6 is 9.84 Å². The van der Waals surface area contributed by atoms with E-state index in [1.54, 1.807) is 6.08 Å². The normalized spacial score (nSPS) is 28.8. The van der Waals surface area contributed by atoms with Crippen molar-refractivity contribution in [3.63, 3.8) is 0 Å². The van der Waals surface area contributed by atoms with Crippen LogP contribution < -0.4 is 0 Å². The van der Waals surface area contributed by atoms with E-state index in [9.17, 15) is 15.5 Å². The Morgan fingerprint density at radius 2 is 1.69 bits per heavy atom. The average Bonchev–Trinajstić information content (AvgIpc) is 3.41. The van der Waals surface area contributed by atoms with Crippen molar-refractivity contribution >= 4 is 18.2 Å². The van der Waals surface area contributed by atoms with Gasteiger partial charge in [-0.1, -0.05) is 79.5 Å². The summed E-state index contributed by atoms with van der Waals surface area (Å²) in [4.78, 5) is 5.37. The Bertz CT molecular complexity index is 1340. The molecule has 3 atom stereocenters. The third-order valence-electron chi connectivity index (χ3n) is 10.5. The molecule has 5 rings (SSSR count). The van der Waals surface area contributed by atoms with E-state index >= 15 is 0 Å². The second-order valence-corrected chi connectivity index (χ2v) is 24.8. The minimum atomic E-state index is -8.16. The van der Waals surface area contributed by atoms with Crippen LogP contribution in [0, 0.1) is 5.41 Å². The van der Waals surface area contributed by atoms with Crippen LogP contribution in [0.1, 0.15) is 133 Å². The molecule has 3 aliphatic carbocycles. The predicted octanol–water partition coefficient (Wildman–Crippen LogP) is 11.4. The number of hydrogen-bond donors (Lipinski definition) is 0. The number of aromatic nitrogens is 1. The molecule has 1 fully saturated rings. The van der Waals surface area contributed by atoms with Crippen LogP contribution in [-0.4, -0.2) is 24.8 Å². The summed E-state index contributed by atoms with van der Waals surface area (Å²) in [7, 11) is -10.3. The Morgan fingerprint density at radius 1 is 1.07 bits per heavy atom. The van der Waals surface area contributed by atoms with Crippen LogP contribution in [-0.2, 0) is 21.2 Å². The Kier molecular flexibility index (Phi) is 7.06. The van der Waals surface area contributed by atoms with E-state index in [4.69, 9.17) is 14.1 Å². The molecular formula is C33H51F4NO2SSi. The molecule has 1 aromatic rings. The number of nitrogens with zero attached hydrogens (tertiary/aromatic N) is 1. The zero-order valence-electron chi connectivity index (χ0n) is 27.2. The summed E-state index contributed by atoms with van der Waals surface area (Å²) in [6, 6.07) is 0. The average molecular weight is 630 g/mol. The molecule has 0 radical (unpaired) electrons. The standard InChI is InChI=1S/C33H51F4NO2SSi/c1-21(2)29-27-28(26-24(38-29)19-32(6,7)20-25(26)40-42(9,10)31(3,4)5)33(17-11-12-18-33)39-30(27)22-13-15-23(16-14-22)41(8,34,35,36)37/h13-15,21,23,25,30H,11-12,16-20H2,1-10H3. The summed E-state index contributed by atoms with van der Waals surface area (Å²) in [6.45, 7) is 20.2. The molecule has 3 nitrogen and oxygen atoms in total. The number of fused-ring (bicyclic) bond motifs is 4. The Labute approximate surface area is 251 Å². The summed E-state index contributed by atoms with van der Waals surface area (Å²) >= 11 is 0. The van der Waals surface area contributed by atoms with Crippen LogP contribution in [0.4, 0.5) is 15.5 Å². The molecule has 0 aromatic carbocycles.